The Balaban J connectivity index is 2.71. The Morgan fingerprint density at radius 3 is 2.22 bits per heavy atom. The van der Waals surface area contributed by atoms with Gasteiger partial charge in [-0.3, -0.25) is 4.90 Å². The molecule has 32 heavy (non-hydrogen) atoms. The number of carbonyl (C=O) groups is 3. The maximum atomic E-state index is 13.2. The van der Waals surface area contributed by atoms with Crippen LogP contribution in [0, 0.1) is 11.8 Å². The molecule has 2 aliphatic rings. The lowest BCUT2D eigenvalue weighted by atomic mass is 9.74. The summed E-state index contributed by atoms with van der Waals surface area (Å²) in [4.78, 5) is 39.6. The van der Waals surface area contributed by atoms with E-state index in [4.69, 9.17) is 14.2 Å². The van der Waals surface area contributed by atoms with Crippen LogP contribution in [0.4, 0.5) is 4.79 Å². The van der Waals surface area contributed by atoms with Gasteiger partial charge >= 0.3 is 18.0 Å². The van der Waals surface area contributed by atoms with Gasteiger partial charge in [0.25, 0.3) is 0 Å². The number of unbranched alkanes of at least 4 members (excludes halogenated alkanes) is 1. The van der Waals surface area contributed by atoms with Crippen molar-refractivity contribution in [3.8, 4) is 0 Å². The van der Waals surface area contributed by atoms with E-state index < -0.39 is 23.9 Å². The molecule has 2 unspecified atom stereocenters. The molecule has 0 fully saturated rings. The number of dihydropyridines is 1. The Kier molecular flexibility index (Phi) is 8.69. The van der Waals surface area contributed by atoms with Crippen LogP contribution in [0.1, 0.15) is 53.9 Å². The van der Waals surface area contributed by atoms with Crippen molar-refractivity contribution in [3.63, 3.8) is 0 Å². The van der Waals surface area contributed by atoms with E-state index in [0.717, 1.165) is 24.8 Å². The molecule has 2 heterocycles. The molecule has 0 aromatic heterocycles. The van der Waals surface area contributed by atoms with Crippen molar-refractivity contribution in [2.45, 2.75) is 60.0 Å². The highest BCUT2D eigenvalue weighted by atomic mass is 16.5. The number of rotatable bonds is 7. The first-order valence-corrected chi connectivity index (χ1v) is 10.9. The number of esters is 2. The lowest BCUT2D eigenvalue weighted by Crippen LogP contribution is -2.37. The molecule has 2 rings (SSSR count). The third kappa shape index (κ3) is 5.41. The summed E-state index contributed by atoms with van der Waals surface area (Å²) in [5, 5.41) is 3.13. The number of allylic oxidation sites excluding steroid dienone is 4. The third-order valence-electron chi connectivity index (χ3n) is 5.51. The fourth-order valence-corrected chi connectivity index (χ4v) is 4.06. The number of ether oxygens (including phenoxy) is 3. The summed E-state index contributed by atoms with van der Waals surface area (Å²) in [6.45, 7) is 9.19. The SMILES string of the molecule is CCCCC1C=CN(C(=O)OC)C=C1C1C(C(=O)OC)=C(C)NC(C)=C1C(=O)OC(C)C. The number of methoxy groups -OCH3 is 2. The van der Waals surface area contributed by atoms with Gasteiger partial charge in [0.05, 0.1) is 37.4 Å². The number of nitrogens with one attached hydrogen (secondary N) is 1. The quantitative estimate of drug-likeness (QED) is 0.463. The molecular formula is C24H34N2O6. The lowest BCUT2D eigenvalue weighted by Gasteiger charge is -2.36. The zero-order chi connectivity index (χ0) is 24.0. The van der Waals surface area contributed by atoms with E-state index in [1.807, 2.05) is 6.08 Å². The second-order valence-corrected chi connectivity index (χ2v) is 8.18. The molecule has 0 spiro atoms. The Labute approximate surface area is 189 Å². The number of nitrogens with zero attached hydrogens (tertiary/aromatic N) is 1. The predicted octanol–water partition coefficient (Wildman–Crippen LogP) is 4.16. The van der Waals surface area contributed by atoms with Crippen LogP contribution >= 0.6 is 0 Å². The van der Waals surface area contributed by atoms with E-state index in [9.17, 15) is 14.4 Å². The summed E-state index contributed by atoms with van der Waals surface area (Å²) in [6.07, 6.45) is 7.07. The monoisotopic (exact) mass is 446 g/mol. The van der Waals surface area contributed by atoms with Crippen molar-refractivity contribution in [2.75, 3.05) is 14.2 Å². The lowest BCUT2D eigenvalue weighted by molar-refractivity contribution is -0.143. The molecule has 2 aliphatic heterocycles. The Bertz CT molecular complexity index is 881. The molecule has 0 saturated carbocycles. The molecule has 1 amide bonds. The van der Waals surface area contributed by atoms with Crippen LogP contribution < -0.4 is 5.32 Å². The van der Waals surface area contributed by atoms with Gasteiger partial charge in [0, 0.05) is 29.7 Å². The van der Waals surface area contributed by atoms with Crippen molar-refractivity contribution in [1.82, 2.24) is 10.2 Å². The van der Waals surface area contributed by atoms with Gasteiger partial charge in [-0.2, -0.15) is 0 Å². The molecular weight excluding hydrogens is 412 g/mol. The zero-order valence-electron chi connectivity index (χ0n) is 20.0. The largest absolute Gasteiger partial charge is 0.466 e. The Morgan fingerprint density at radius 2 is 1.69 bits per heavy atom. The van der Waals surface area contributed by atoms with Crippen LogP contribution in [0.15, 0.2) is 46.6 Å². The van der Waals surface area contributed by atoms with E-state index >= 15 is 0 Å². The van der Waals surface area contributed by atoms with Gasteiger partial charge in [0.2, 0.25) is 0 Å². The molecule has 2 atom stereocenters. The summed E-state index contributed by atoms with van der Waals surface area (Å²) in [5.74, 6) is -1.87. The minimum absolute atomic E-state index is 0.0823. The summed E-state index contributed by atoms with van der Waals surface area (Å²) < 4.78 is 15.5. The molecule has 1 N–H and O–H groups in total. The van der Waals surface area contributed by atoms with Crippen molar-refractivity contribution in [1.29, 1.82) is 0 Å². The molecule has 8 heteroatoms. The fraction of sp³-hybridized carbons (Fsp3) is 0.542. The summed E-state index contributed by atoms with van der Waals surface area (Å²) in [7, 11) is 2.61. The topological polar surface area (TPSA) is 94.2 Å². The second-order valence-electron chi connectivity index (χ2n) is 8.18. The van der Waals surface area contributed by atoms with Gasteiger partial charge in [-0.15, -0.1) is 0 Å². The van der Waals surface area contributed by atoms with Crippen molar-refractivity contribution in [3.05, 3.63) is 46.6 Å². The van der Waals surface area contributed by atoms with E-state index in [0.29, 0.717) is 22.5 Å². The fourth-order valence-electron chi connectivity index (χ4n) is 4.06. The predicted molar refractivity (Wildman–Crippen MR) is 120 cm³/mol. The first-order valence-electron chi connectivity index (χ1n) is 10.9. The molecule has 0 saturated heterocycles. The van der Waals surface area contributed by atoms with Gasteiger partial charge in [-0.25, -0.2) is 14.4 Å². The third-order valence-corrected chi connectivity index (χ3v) is 5.51. The summed E-state index contributed by atoms with van der Waals surface area (Å²) >= 11 is 0. The summed E-state index contributed by atoms with van der Waals surface area (Å²) in [5.41, 5.74) is 2.58. The van der Waals surface area contributed by atoms with Crippen molar-refractivity contribution < 1.29 is 28.6 Å². The van der Waals surface area contributed by atoms with Gasteiger partial charge < -0.3 is 19.5 Å². The van der Waals surface area contributed by atoms with Crippen LogP contribution in [0.25, 0.3) is 0 Å². The van der Waals surface area contributed by atoms with Gasteiger partial charge in [-0.05, 0) is 39.7 Å². The minimum Gasteiger partial charge on any atom is -0.466 e. The first kappa shape index (κ1) is 25.2. The number of hydrogen-bond acceptors (Lipinski definition) is 7. The van der Waals surface area contributed by atoms with Crippen LogP contribution in [-0.4, -0.2) is 43.3 Å². The van der Waals surface area contributed by atoms with Crippen LogP contribution in [-0.2, 0) is 23.8 Å². The molecule has 8 nitrogen and oxygen atoms in total. The van der Waals surface area contributed by atoms with Gasteiger partial charge in [0.1, 0.15) is 0 Å². The highest BCUT2D eigenvalue weighted by Gasteiger charge is 2.41. The van der Waals surface area contributed by atoms with E-state index in [2.05, 4.69) is 12.2 Å². The van der Waals surface area contributed by atoms with Crippen LogP contribution in [0.5, 0.6) is 0 Å². The smallest absolute Gasteiger partial charge is 0.417 e. The molecule has 176 valence electrons. The normalized spacial score (nSPS) is 20.8. The highest BCUT2D eigenvalue weighted by Crippen LogP contribution is 2.42. The van der Waals surface area contributed by atoms with Gasteiger partial charge in [-0.1, -0.05) is 25.8 Å². The summed E-state index contributed by atoms with van der Waals surface area (Å²) in [6, 6.07) is 0. The highest BCUT2D eigenvalue weighted by molar-refractivity contribution is 5.99. The number of hydrogen-bond donors (Lipinski definition) is 1. The average Bonchev–Trinajstić information content (AvgIpc) is 2.75. The first-order chi connectivity index (χ1) is 15.2. The second kappa shape index (κ2) is 11.0. The Morgan fingerprint density at radius 1 is 1.06 bits per heavy atom. The molecule has 0 aromatic rings. The number of carbonyl (C=O) groups excluding carboxylic acids is 3. The standard InChI is InChI=1S/C24H34N2O6/c1-8-9-10-17-11-12-26(24(29)31-7)13-18(17)21-19(22(27)30-6)15(4)25-16(5)20(21)23(28)32-14(2)3/h11-14,17,21,25H,8-10H2,1-7H3. The molecule has 0 radical (unpaired) electrons. The number of amides is 1. The molecule has 0 bridgehead atoms. The van der Waals surface area contributed by atoms with E-state index in [1.165, 1.54) is 19.1 Å². The minimum atomic E-state index is -0.728. The maximum Gasteiger partial charge on any atom is 0.417 e. The maximum absolute atomic E-state index is 13.2. The van der Waals surface area contributed by atoms with Gasteiger partial charge in [0.15, 0.2) is 0 Å². The average molecular weight is 447 g/mol. The van der Waals surface area contributed by atoms with Crippen LogP contribution in [0.2, 0.25) is 0 Å². The Hall–Kier alpha value is -3.03. The van der Waals surface area contributed by atoms with Crippen molar-refractivity contribution in [2.24, 2.45) is 11.8 Å². The zero-order valence-corrected chi connectivity index (χ0v) is 20.0. The van der Waals surface area contributed by atoms with E-state index in [-0.39, 0.29) is 12.0 Å². The van der Waals surface area contributed by atoms with Crippen molar-refractivity contribution >= 4 is 18.0 Å². The molecule has 0 aromatic carbocycles. The van der Waals surface area contributed by atoms with E-state index in [1.54, 1.807) is 40.1 Å². The molecule has 0 aliphatic carbocycles. The van der Waals surface area contributed by atoms with Crippen LogP contribution in [0.3, 0.4) is 0 Å².